The fourth-order valence-electron chi connectivity index (χ4n) is 13.5. The third kappa shape index (κ3) is 76.6. The Morgan fingerprint density at radius 3 is 0.815 bits per heavy atom. The highest BCUT2D eigenvalue weighted by molar-refractivity contribution is 7.45. The topological polar surface area (TPSA) is 108 Å². The van der Waals surface area contributed by atoms with Gasteiger partial charge in [0.25, 0.3) is 7.82 Å². The van der Waals surface area contributed by atoms with Crippen molar-refractivity contribution in [1.82, 2.24) is 5.32 Å². The van der Waals surface area contributed by atoms with Crippen LogP contribution in [0.5, 0.6) is 0 Å². The van der Waals surface area contributed by atoms with E-state index in [1.807, 2.05) is 27.2 Å². The van der Waals surface area contributed by atoms with Gasteiger partial charge >= 0.3 is 0 Å². The van der Waals surface area contributed by atoms with Crippen molar-refractivity contribution in [3.8, 4) is 0 Å². The number of nitrogens with zero attached hydrogens (tertiary/aromatic N) is 1. The molecule has 0 saturated carbocycles. The second-order valence-electron chi connectivity index (χ2n) is 30.6. The van der Waals surface area contributed by atoms with Crippen LogP contribution in [0.1, 0.15) is 463 Å². The molecule has 0 heterocycles. The maximum Gasteiger partial charge on any atom is 0.268 e. The zero-order valence-electron chi connectivity index (χ0n) is 63.3. The highest BCUT2D eigenvalue weighted by Crippen LogP contribution is 2.38. The molecule has 0 bridgehead atoms. The van der Waals surface area contributed by atoms with Crippen molar-refractivity contribution in [3.05, 3.63) is 12.2 Å². The van der Waals surface area contributed by atoms with Crippen LogP contribution in [0.2, 0.25) is 0 Å². The van der Waals surface area contributed by atoms with Crippen LogP contribution in [0.3, 0.4) is 0 Å². The van der Waals surface area contributed by atoms with E-state index < -0.39 is 20.0 Å². The van der Waals surface area contributed by atoms with Crippen LogP contribution in [-0.2, 0) is 18.4 Å². The number of likely N-dealkylation sites (N-methyl/N-ethyl adjacent to an activating group) is 1. The van der Waals surface area contributed by atoms with Crippen molar-refractivity contribution in [2.45, 2.75) is 475 Å². The minimum Gasteiger partial charge on any atom is -0.756 e. The van der Waals surface area contributed by atoms with Crippen molar-refractivity contribution in [2.24, 2.45) is 0 Å². The van der Waals surface area contributed by atoms with Gasteiger partial charge in [-0.1, -0.05) is 450 Å². The maximum atomic E-state index is 13.1. The van der Waals surface area contributed by atoms with Gasteiger partial charge in [0.15, 0.2) is 0 Å². The van der Waals surface area contributed by atoms with E-state index in [0.29, 0.717) is 17.4 Å². The Balaban J connectivity index is 3.88. The van der Waals surface area contributed by atoms with Gasteiger partial charge in [-0.2, -0.15) is 0 Å². The van der Waals surface area contributed by atoms with Crippen LogP contribution >= 0.6 is 7.82 Å². The normalized spacial score (nSPS) is 13.4. The van der Waals surface area contributed by atoms with Gasteiger partial charge in [0.2, 0.25) is 5.91 Å². The number of carbonyl (C=O) groups is 1. The molecule has 0 spiro atoms. The van der Waals surface area contributed by atoms with E-state index in [0.717, 1.165) is 38.5 Å². The molecule has 8 nitrogen and oxygen atoms in total. The summed E-state index contributed by atoms with van der Waals surface area (Å²) < 4.78 is 23.5. The molecule has 3 unspecified atom stereocenters. The molecular weight excluding hydrogens is 1150 g/mol. The number of aliphatic hydroxyl groups excluding tert-OH is 1. The van der Waals surface area contributed by atoms with E-state index >= 15 is 0 Å². The van der Waals surface area contributed by atoms with Gasteiger partial charge < -0.3 is 28.8 Å². The number of amides is 1. The first-order valence-corrected chi connectivity index (χ1v) is 43.5. The van der Waals surface area contributed by atoms with Gasteiger partial charge in [0, 0.05) is 6.42 Å². The van der Waals surface area contributed by atoms with Gasteiger partial charge in [-0.25, -0.2) is 0 Å². The highest BCUT2D eigenvalue weighted by atomic mass is 31.2. The maximum absolute atomic E-state index is 13.1. The number of nitrogens with one attached hydrogen (secondary N) is 1. The Morgan fingerprint density at radius 1 is 0.370 bits per heavy atom. The quantitative estimate of drug-likeness (QED) is 0.0272. The first-order chi connectivity index (χ1) is 45.0. The number of phosphoric acid groups is 1. The number of hydrogen-bond donors (Lipinski definition) is 2. The standard InChI is InChI=1S/C83H167N2O6P/c1-6-8-10-12-14-16-18-20-22-24-26-28-30-32-34-36-38-39-40-41-42-43-44-45-46-47-49-51-53-55-57-59-61-63-65-67-69-71-73-75-77-83(87)84-81(80-91-92(88,89)90-79-78-85(3,4)5)82(86)76-74-72-70-68-66-64-62-60-58-56-54-52-50-48-37-35-33-31-29-27-25-23-21-19-17-15-13-11-9-7-2/h74,76,81-82,86H,6-73,75,77-80H2,1-5H3,(H-,84,87,88,89)/b76-74+. The summed E-state index contributed by atoms with van der Waals surface area (Å²) in [5.41, 5.74) is 0. The lowest BCUT2D eigenvalue weighted by Gasteiger charge is -2.29. The zero-order chi connectivity index (χ0) is 66.9. The van der Waals surface area contributed by atoms with Crippen molar-refractivity contribution >= 4 is 13.7 Å². The molecule has 3 atom stereocenters. The summed E-state index contributed by atoms with van der Waals surface area (Å²) in [7, 11) is 1.29. The Kier molecular flexibility index (Phi) is 73.8. The van der Waals surface area contributed by atoms with Crippen LogP contribution < -0.4 is 10.2 Å². The number of allylic oxidation sites excluding steroid dienone is 1. The lowest BCUT2D eigenvalue weighted by atomic mass is 10.0. The summed E-state index contributed by atoms with van der Waals surface area (Å²) in [4.78, 5) is 25.7. The van der Waals surface area contributed by atoms with Crippen molar-refractivity contribution < 1.29 is 32.9 Å². The van der Waals surface area contributed by atoms with E-state index in [1.54, 1.807) is 6.08 Å². The Morgan fingerprint density at radius 2 is 0.587 bits per heavy atom. The lowest BCUT2D eigenvalue weighted by molar-refractivity contribution is -0.870. The smallest absolute Gasteiger partial charge is 0.268 e. The molecule has 0 aliphatic heterocycles. The Hall–Kier alpha value is -0.760. The minimum atomic E-state index is -4.60. The van der Waals surface area contributed by atoms with Gasteiger partial charge in [0.05, 0.1) is 39.9 Å². The molecular formula is C83H167N2O6P. The largest absolute Gasteiger partial charge is 0.756 e. The van der Waals surface area contributed by atoms with Crippen LogP contribution in [0.15, 0.2) is 12.2 Å². The molecule has 9 heteroatoms. The third-order valence-corrected chi connectivity index (χ3v) is 21.0. The van der Waals surface area contributed by atoms with Gasteiger partial charge in [-0.15, -0.1) is 0 Å². The van der Waals surface area contributed by atoms with E-state index in [9.17, 15) is 19.4 Å². The number of unbranched alkanes of at least 4 members (excludes halogenated alkanes) is 67. The second-order valence-corrected chi connectivity index (χ2v) is 32.0. The zero-order valence-corrected chi connectivity index (χ0v) is 64.2. The van der Waals surface area contributed by atoms with Gasteiger partial charge in [-0.3, -0.25) is 9.36 Å². The predicted octanol–water partition coefficient (Wildman–Crippen LogP) is 26.9. The monoisotopic (exact) mass is 1320 g/mol. The molecule has 1 amide bonds. The van der Waals surface area contributed by atoms with Crippen molar-refractivity contribution in [2.75, 3.05) is 40.9 Å². The number of rotatable bonds is 80. The number of carbonyl (C=O) groups excluding carboxylic acids is 1. The average Bonchev–Trinajstić information content (AvgIpc) is 3.24. The summed E-state index contributed by atoms with van der Waals surface area (Å²) in [6, 6.07) is -0.885. The summed E-state index contributed by atoms with van der Waals surface area (Å²) >= 11 is 0. The fraction of sp³-hybridized carbons (Fsp3) is 0.964. The molecule has 0 aliphatic rings. The molecule has 0 aliphatic carbocycles. The molecule has 0 aromatic rings. The number of phosphoric ester groups is 1. The molecule has 92 heavy (non-hydrogen) atoms. The minimum absolute atomic E-state index is 0.00320. The van der Waals surface area contributed by atoms with E-state index in [4.69, 9.17) is 9.05 Å². The fourth-order valence-corrected chi connectivity index (χ4v) is 14.2. The Labute approximate surface area is 577 Å². The molecule has 0 radical (unpaired) electrons. The molecule has 0 rings (SSSR count). The summed E-state index contributed by atoms with van der Waals surface area (Å²) in [5.74, 6) is -0.185. The first-order valence-electron chi connectivity index (χ1n) is 42.1. The Bertz CT molecular complexity index is 1510. The number of hydrogen-bond acceptors (Lipinski definition) is 6. The molecule has 2 N–H and O–H groups in total. The summed E-state index contributed by atoms with van der Waals surface area (Å²) in [6.45, 7) is 4.74. The molecule has 0 aromatic carbocycles. The number of aliphatic hydroxyl groups is 1. The van der Waals surface area contributed by atoms with Gasteiger partial charge in [0.1, 0.15) is 13.2 Å². The first kappa shape index (κ1) is 91.2. The lowest BCUT2D eigenvalue weighted by Crippen LogP contribution is -2.45. The van der Waals surface area contributed by atoms with Gasteiger partial charge in [-0.05, 0) is 19.3 Å². The molecule has 0 fully saturated rings. The predicted molar refractivity (Wildman–Crippen MR) is 404 cm³/mol. The van der Waals surface area contributed by atoms with Crippen LogP contribution in [0.4, 0.5) is 0 Å². The van der Waals surface area contributed by atoms with E-state index in [2.05, 4.69) is 19.2 Å². The molecule has 0 aromatic heterocycles. The van der Waals surface area contributed by atoms with Crippen molar-refractivity contribution in [1.29, 1.82) is 0 Å². The van der Waals surface area contributed by atoms with Crippen LogP contribution in [-0.4, -0.2) is 68.5 Å². The van der Waals surface area contributed by atoms with Crippen LogP contribution in [0.25, 0.3) is 0 Å². The van der Waals surface area contributed by atoms with E-state index in [-0.39, 0.29) is 19.1 Å². The average molecular weight is 1320 g/mol. The second kappa shape index (κ2) is 74.5. The van der Waals surface area contributed by atoms with Crippen molar-refractivity contribution in [3.63, 3.8) is 0 Å². The summed E-state index contributed by atoms with van der Waals surface area (Å²) in [6.07, 6.45) is 98.4. The SMILES string of the molecule is CCCCCCCCCCCCCCCCCCCCCCCCCCCCCC/C=C/C(O)C(COP(=O)([O-])OCC[N+](C)(C)C)NC(=O)CCCCCCCCCCCCCCCCCCCCCCCCCCCCCCCCCCCCCCCCCC. The number of quaternary nitrogens is 1. The molecule has 550 valence electrons. The van der Waals surface area contributed by atoms with E-state index in [1.165, 1.54) is 405 Å². The van der Waals surface area contributed by atoms with Crippen LogP contribution in [0, 0.1) is 0 Å². The molecule has 0 saturated heterocycles. The summed E-state index contributed by atoms with van der Waals surface area (Å²) in [5, 5.41) is 14.0. The highest BCUT2D eigenvalue weighted by Gasteiger charge is 2.23. The third-order valence-electron chi connectivity index (χ3n) is 20.0.